The Balaban J connectivity index is 1.12. The van der Waals surface area contributed by atoms with Crippen LogP contribution >= 0.6 is 0 Å². The number of hydrogen-bond donors (Lipinski definition) is 3. The largest absolute Gasteiger partial charge is 0.438 e. The molecule has 0 aliphatic heterocycles. The van der Waals surface area contributed by atoms with E-state index in [4.69, 9.17) is 4.74 Å². The zero-order valence-electron chi connectivity index (χ0n) is 20.0. The van der Waals surface area contributed by atoms with Gasteiger partial charge in [0.2, 0.25) is 11.8 Å². The number of anilines is 2. The van der Waals surface area contributed by atoms with Gasteiger partial charge in [-0.2, -0.15) is 4.98 Å². The van der Waals surface area contributed by atoms with Gasteiger partial charge in [-0.15, -0.1) is 0 Å². The maximum absolute atomic E-state index is 12.8. The van der Waals surface area contributed by atoms with Crippen molar-refractivity contribution >= 4 is 28.4 Å². The minimum atomic E-state index is -0.130. The number of nitrogens with one attached hydrogen (secondary N) is 3. The van der Waals surface area contributed by atoms with Crippen LogP contribution in [0.1, 0.15) is 51.4 Å². The number of aromatic nitrogens is 2. The van der Waals surface area contributed by atoms with Gasteiger partial charge in [0, 0.05) is 35.6 Å². The molecule has 3 aromatic rings. The van der Waals surface area contributed by atoms with E-state index in [0.29, 0.717) is 29.5 Å². The molecule has 2 aromatic carbocycles. The van der Waals surface area contributed by atoms with E-state index < -0.39 is 0 Å². The summed E-state index contributed by atoms with van der Waals surface area (Å²) in [5, 5.41) is 11.4. The van der Waals surface area contributed by atoms with Crippen LogP contribution in [0.4, 0.5) is 16.4 Å². The van der Waals surface area contributed by atoms with Crippen molar-refractivity contribution in [2.45, 2.75) is 57.4 Å². The summed E-state index contributed by atoms with van der Waals surface area (Å²) in [6.07, 6.45) is 12.1. The Hall–Kier alpha value is -3.35. The Bertz CT molecular complexity index is 1200. The zero-order valence-corrected chi connectivity index (χ0v) is 20.0. The normalized spacial score (nSPS) is 21.9. The van der Waals surface area contributed by atoms with Crippen molar-refractivity contribution in [1.29, 1.82) is 0 Å². The summed E-state index contributed by atoms with van der Waals surface area (Å²) in [6.45, 7) is 0.900. The van der Waals surface area contributed by atoms with Crippen LogP contribution in [0.5, 0.6) is 11.6 Å². The lowest BCUT2D eigenvalue weighted by Gasteiger charge is -2.21. The maximum atomic E-state index is 12.8. The van der Waals surface area contributed by atoms with Gasteiger partial charge < -0.3 is 20.7 Å². The van der Waals surface area contributed by atoms with Gasteiger partial charge in [0.25, 0.3) is 0 Å². The Labute approximate surface area is 206 Å². The van der Waals surface area contributed by atoms with Crippen molar-refractivity contribution < 1.29 is 9.53 Å². The molecule has 0 bridgehead atoms. The Morgan fingerprint density at radius 2 is 1.80 bits per heavy atom. The molecule has 2 atom stereocenters. The van der Waals surface area contributed by atoms with Gasteiger partial charge in [-0.05, 0) is 49.1 Å². The van der Waals surface area contributed by atoms with Crippen LogP contribution in [-0.2, 0) is 0 Å². The maximum Gasteiger partial charge on any atom is 0.319 e. The summed E-state index contributed by atoms with van der Waals surface area (Å²) in [5.41, 5.74) is 0.773. The predicted octanol–water partition coefficient (Wildman–Crippen LogP) is 6.33. The van der Waals surface area contributed by atoms with E-state index in [-0.39, 0.29) is 6.03 Å². The molecule has 182 valence electrons. The summed E-state index contributed by atoms with van der Waals surface area (Å²) in [5.74, 6) is 3.95. The highest BCUT2D eigenvalue weighted by molar-refractivity contribution is 6.04. The second-order valence-corrected chi connectivity index (χ2v) is 10.3. The second kappa shape index (κ2) is 9.72. The van der Waals surface area contributed by atoms with Gasteiger partial charge in [0.15, 0.2) is 0 Å². The number of nitrogens with zero attached hydrogens (tertiary/aromatic N) is 2. The molecular formula is C28H33N5O2. The first-order valence-electron chi connectivity index (χ1n) is 13.1. The van der Waals surface area contributed by atoms with Crippen LogP contribution in [0.15, 0.2) is 48.7 Å². The van der Waals surface area contributed by atoms with E-state index in [2.05, 4.69) is 25.9 Å². The van der Waals surface area contributed by atoms with E-state index >= 15 is 0 Å². The lowest BCUT2D eigenvalue weighted by atomic mass is 9.85. The Morgan fingerprint density at radius 3 is 2.63 bits per heavy atom. The Morgan fingerprint density at radius 1 is 0.971 bits per heavy atom. The number of rotatable bonds is 8. The van der Waals surface area contributed by atoms with Crippen molar-refractivity contribution in [2.24, 2.45) is 17.8 Å². The fourth-order valence-electron chi connectivity index (χ4n) is 5.41. The molecule has 3 N–H and O–H groups in total. The number of carbonyl (C=O) groups excluding carboxylic acids is 1. The molecule has 1 aromatic heterocycles. The quantitative estimate of drug-likeness (QED) is 0.357. The number of hydrogen-bond acceptors (Lipinski definition) is 5. The van der Waals surface area contributed by atoms with Crippen molar-refractivity contribution in [2.75, 3.05) is 17.2 Å². The molecule has 7 heteroatoms. The molecule has 3 aliphatic carbocycles. The molecule has 2 unspecified atom stereocenters. The summed E-state index contributed by atoms with van der Waals surface area (Å²) < 4.78 is 6.15. The molecule has 0 radical (unpaired) electrons. The minimum Gasteiger partial charge on any atom is -0.438 e. The molecule has 0 saturated heterocycles. The van der Waals surface area contributed by atoms with Crippen LogP contribution in [-0.4, -0.2) is 28.6 Å². The number of urea groups is 1. The summed E-state index contributed by atoms with van der Waals surface area (Å²) in [7, 11) is 0. The SMILES string of the molecule is O=C(Nc1ccc(Oc2ccnc(NCC3CC3)n2)c2ccccc12)NC1CC1C1CCCCC1. The van der Waals surface area contributed by atoms with Gasteiger partial charge in [-0.1, -0.05) is 56.4 Å². The number of ether oxygens (including phenoxy) is 1. The molecule has 3 fully saturated rings. The predicted molar refractivity (Wildman–Crippen MR) is 138 cm³/mol. The highest BCUT2D eigenvalue weighted by Crippen LogP contribution is 2.44. The van der Waals surface area contributed by atoms with Gasteiger partial charge >= 0.3 is 6.03 Å². The van der Waals surface area contributed by atoms with E-state index in [1.54, 1.807) is 12.3 Å². The van der Waals surface area contributed by atoms with Gasteiger partial charge in [-0.25, -0.2) is 9.78 Å². The minimum absolute atomic E-state index is 0.130. The summed E-state index contributed by atoms with van der Waals surface area (Å²) in [4.78, 5) is 21.6. The first-order chi connectivity index (χ1) is 17.2. The molecule has 3 aliphatic rings. The monoisotopic (exact) mass is 471 g/mol. The third-order valence-electron chi connectivity index (χ3n) is 7.63. The van der Waals surface area contributed by atoms with Crippen LogP contribution in [0.3, 0.4) is 0 Å². The fourth-order valence-corrected chi connectivity index (χ4v) is 5.41. The van der Waals surface area contributed by atoms with Crippen LogP contribution in [0, 0.1) is 17.8 Å². The van der Waals surface area contributed by atoms with Gasteiger partial charge in [-0.3, -0.25) is 0 Å². The Kier molecular flexibility index (Phi) is 6.15. The standard InChI is InChI=1S/C28H33N5O2/c34-28(32-24-16-22(24)19-6-2-1-3-7-19)31-23-12-13-25(21-9-5-4-8-20(21)23)35-26-14-15-29-27(33-26)30-17-18-10-11-18/h4-5,8-9,12-15,18-19,22,24H,1-3,6-7,10-11,16-17H2,(H,29,30,33)(H2,31,32,34). The van der Waals surface area contributed by atoms with Crippen LogP contribution < -0.4 is 20.7 Å². The third kappa shape index (κ3) is 5.34. The molecule has 0 spiro atoms. The fraction of sp³-hybridized carbons (Fsp3) is 0.464. The van der Waals surface area contributed by atoms with Crippen molar-refractivity contribution in [3.05, 3.63) is 48.7 Å². The average Bonchev–Trinajstić information content (AvgIpc) is 3.82. The molecule has 6 rings (SSSR count). The number of benzene rings is 2. The van der Waals surface area contributed by atoms with E-state index in [1.165, 1.54) is 44.9 Å². The molecule has 3 saturated carbocycles. The number of amides is 2. The van der Waals surface area contributed by atoms with Crippen LogP contribution in [0.2, 0.25) is 0 Å². The second-order valence-electron chi connectivity index (χ2n) is 10.3. The van der Waals surface area contributed by atoms with Gasteiger partial charge in [0.1, 0.15) is 5.75 Å². The highest BCUT2D eigenvalue weighted by Gasteiger charge is 2.43. The molecule has 2 amide bonds. The smallest absolute Gasteiger partial charge is 0.319 e. The molecule has 7 nitrogen and oxygen atoms in total. The van der Waals surface area contributed by atoms with Gasteiger partial charge in [0.05, 0.1) is 5.69 Å². The zero-order chi connectivity index (χ0) is 23.6. The van der Waals surface area contributed by atoms with E-state index in [9.17, 15) is 4.79 Å². The molecule has 35 heavy (non-hydrogen) atoms. The lowest BCUT2D eigenvalue weighted by molar-refractivity contribution is 0.249. The highest BCUT2D eigenvalue weighted by atomic mass is 16.5. The third-order valence-corrected chi connectivity index (χ3v) is 7.63. The van der Waals surface area contributed by atoms with E-state index in [0.717, 1.165) is 41.3 Å². The number of fused-ring (bicyclic) bond motifs is 1. The summed E-state index contributed by atoms with van der Waals surface area (Å²) in [6, 6.07) is 13.7. The van der Waals surface area contributed by atoms with Crippen molar-refractivity contribution in [1.82, 2.24) is 15.3 Å². The molecular weight excluding hydrogens is 438 g/mol. The first-order valence-corrected chi connectivity index (χ1v) is 13.1. The average molecular weight is 472 g/mol. The lowest BCUT2D eigenvalue weighted by Crippen LogP contribution is -2.32. The molecule has 1 heterocycles. The van der Waals surface area contributed by atoms with Crippen molar-refractivity contribution in [3.63, 3.8) is 0 Å². The topological polar surface area (TPSA) is 88.2 Å². The van der Waals surface area contributed by atoms with Crippen LogP contribution in [0.25, 0.3) is 10.8 Å². The number of carbonyl (C=O) groups is 1. The van der Waals surface area contributed by atoms with E-state index in [1.807, 2.05) is 36.4 Å². The summed E-state index contributed by atoms with van der Waals surface area (Å²) >= 11 is 0. The first kappa shape index (κ1) is 22.1. The van der Waals surface area contributed by atoms with Crippen molar-refractivity contribution in [3.8, 4) is 11.6 Å².